The minimum atomic E-state index is -4.92. The van der Waals surface area contributed by atoms with Gasteiger partial charge in [-0.25, -0.2) is 8.42 Å². The van der Waals surface area contributed by atoms with Crippen LogP contribution in [-0.2, 0) is 10.4 Å². The van der Waals surface area contributed by atoms with E-state index in [-0.39, 0.29) is 0 Å². The van der Waals surface area contributed by atoms with Gasteiger partial charge >= 0.3 is 4.77 Å². The van der Waals surface area contributed by atoms with Crippen LogP contribution >= 0.6 is 12.2 Å². The van der Waals surface area contributed by atoms with Crippen LogP contribution in [-0.4, -0.2) is 22.1 Å². The van der Waals surface area contributed by atoms with Crippen LogP contribution in [0.2, 0.25) is 0 Å². The highest BCUT2D eigenvalue weighted by atomic mass is 32.3. The van der Waals surface area contributed by atoms with Crippen LogP contribution in [0.3, 0.4) is 0 Å². The van der Waals surface area contributed by atoms with Gasteiger partial charge in [-0.15, -0.1) is 0 Å². The zero-order chi connectivity index (χ0) is 18.4. The first-order valence-corrected chi connectivity index (χ1v) is 8.98. The van der Waals surface area contributed by atoms with Crippen molar-refractivity contribution in [2.24, 2.45) is 0 Å². The van der Waals surface area contributed by atoms with Crippen molar-refractivity contribution in [1.82, 2.24) is 4.57 Å². The Bertz CT molecular complexity index is 994. The van der Waals surface area contributed by atoms with E-state index in [0.717, 1.165) is 21.8 Å². The van der Waals surface area contributed by atoms with Gasteiger partial charge in [-0.2, -0.15) is 9.13 Å². The highest BCUT2D eigenvalue weighted by Crippen LogP contribution is 2.09. The molecule has 0 spiro atoms. The van der Waals surface area contributed by atoms with Gasteiger partial charge in [0, 0.05) is 18.3 Å². The van der Waals surface area contributed by atoms with Crippen molar-refractivity contribution in [2.75, 3.05) is 0 Å². The van der Waals surface area contributed by atoms with Gasteiger partial charge in [0.1, 0.15) is 23.3 Å². The number of benzene rings is 2. The summed E-state index contributed by atoms with van der Waals surface area (Å²) in [7, 11) is -4.92. The van der Waals surface area contributed by atoms with E-state index in [4.69, 9.17) is 29.7 Å². The maximum absolute atomic E-state index is 8.63. The largest absolute Gasteiger partial charge is 0.726 e. The number of aromatic nitrogens is 2. The SMILES string of the molecule is Cc1ccn(-c2ccccc2)c(=S)[n+]1-c1ccccc1.O=S(=O)([O-])O. The fourth-order valence-electron chi connectivity index (χ4n) is 2.26. The molecule has 3 rings (SSSR count). The van der Waals surface area contributed by atoms with Crippen molar-refractivity contribution >= 4 is 22.6 Å². The van der Waals surface area contributed by atoms with Crippen molar-refractivity contribution in [2.45, 2.75) is 6.92 Å². The quantitative estimate of drug-likeness (QED) is 0.322. The Balaban J connectivity index is 0.000000399. The van der Waals surface area contributed by atoms with Gasteiger partial charge in [-0.05, 0) is 31.2 Å². The smallest absolute Gasteiger partial charge is 0.361 e. The molecule has 0 radical (unpaired) electrons. The Labute approximate surface area is 151 Å². The fraction of sp³-hybridized carbons (Fsp3) is 0.0588. The molecule has 130 valence electrons. The molecule has 0 aliphatic carbocycles. The summed E-state index contributed by atoms with van der Waals surface area (Å²) < 4.78 is 37.7. The van der Waals surface area contributed by atoms with Gasteiger partial charge in [0.15, 0.2) is 0 Å². The highest BCUT2D eigenvalue weighted by molar-refractivity contribution is 7.79. The molecule has 0 bridgehead atoms. The summed E-state index contributed by atoms with van der Waals surface area (Å²) in [6.45, 7) is 2.07. The van der Waals surface area contributed by atoms with E-state index in [2.05, 4.69) is 41.8 Å². The molecule has 3 aromatic rings. The summed E-state index contributed by atoms with van der Waals surface area (Å²) in [4.78, 5) is 0. The lowest BCUT2D eigenvalue weighted by molar-refractivity contribution is -0.614. The molecule has 0 fully saturated rings. The Kier molecular flexibility index (Phi) is 6.16. The third-order valence-corrected chi connectivity index (χ3v) is 3.64. The predicted molar refractivity (Wildman–Crippen MR) is 95.2 cm³/mol. The van der Waals surface area contributed by atoms with Gasteiger partial charge in [-0.3, -0.25) is 4.55 Å². The molecule has 8 heteroatoms. The van der Waals surface area contributed by atoms with Crippen molar-refractivity contribution in [1.29, 1.82) is 0 Å². The minimum absolute atomic E-state index is 0.766. The molecule has 0 aliphatic rings. The maximum atomic E-state index is 8.63. The van der Waals surface area contributed by atoms with Crippen molar-refractivity contribution in [3.8, 4) is 11.4 Å². The normalized spacial score (nSPS) is 10.7. The van der Waals surface area contributed by atoms with Crippen LogP contribution in [0.4, 0.5) is 0 Å². The van der Waals surface area contributed by atoms with E-state index < -0.39 is 10.4 Å². The van der Waals surface area contributed by atoms with E-state index in [1.165, 1.54) is 0 Å². The molecule has 6 nitrogen and oxygen atoms in total. The zero-order valence-corrected chi connectivity index (χ0v) is 14.9. The number of para-hydroxylation sites is 2. The topological polar surface area (TPSA) is 86.2 Å². The Morgan fingerprint density at radius 1 is 1.00 bits per heavy atom. The van der Waals surface area contributed by atoms with Gasteiger partial charge < -0.3 is 4.55 Å². The number of hydrogen-bond acceptors (Lipinski definition) is 4. The van der Waals surface area contributed by atoms with Crippen molar-refractivity contribution in [3.63, 3.8) is 0 Å². The molecule has 0 aliphatic heterocycles. The third kappa shape index (κ3) is 5.57. The fourth-order valence-corrected chi connectivity index (χ4v) is 2.67. The second-order valence-electron chi connectivity index (χ2n) is 5.04. The highest BCUT2D eigenvalue weighted by Gasteiger charge is 2.13. The van der Waals surface area contributed by atoms with E-state index in [9.17, 15) is 0 Å². The lowest BCUT2D eigenvalue weighted by atomic mass is 10.3. The van der Waals surface area contributed by atoms with Crippen LogP contribution in [0.5, 0.6) is 0 Å². The summed E-state index contributed by atoms with van der Waals surface area (Å²) >= 11 is 5.67. The standard InChI is InChI=1S/C17H15N2S.H2O4S/c1-14-12-13-18(15-8-4-2-5-9-15)17(20)19(14)16-10-6-3-7-11-16;1-5(2,3)4/h2-13H,1H3;(H2,1,2,3,4)/q+1;/p-1. The van der Waals surface area contributed by atoms with E-state index in [1.54, 1.807) is 0 Å². The molecule has 25 heavy (non-hydrogen) atoms. The van der Waals surface area contributed by atoms with Crippen LogP contribution in [0.1, 0.15) is 5.69 Å². The van der Waals surface area contributed by atoms with Gasteiger partial charge in [0.25, 0.3) is 0 Å². The molecular formula is C17H16N2O4S2. The second kappa shape index (κ2) is 8.13. The first kappa shape index (κ1) is 18.9. The molecule has 1 N–H and O–H groups in total. The maximum Gasteiger partial charge on any atom is 0.361 e. The lowest BCUT2D eigenvalue weighted by Crippen LogP contribution is -2.38. The van der Waals surface area contributed by atoms with Gasteiger partial charge in [-0.1, -0.05) is 36.4 Å². The number of hydrogen-bond donors (Lipinski definition) is 1. The van der Waals surface area contributed by atoms with Crippen molar-refractivity contribution in [3.05, 3.63) is 83.4 Å². The molecular weight excluding hydrogens is 360 g/mol. The van der Waals surface area contributed by atoms with Crippen LogP contribution < -0.4 is 4.57 Å². The summed E-state index contributed by atoms with van der Waals surface area (Å²) in [6, 6.07) is 22.4. The Morgan fingerprint density at radius 3 is 2.00 bits per heavy atom. The molecule has 2 aromatic carbocycles. The predicted octanol–water partition coefficient (Wildman–Crippen LogP) is 2.80. The molecule has 0 unspecified atom stereocenters. The van der Waals surface area contributed by atoms with Crippen LogP contribution in [0, 0.1) is 11.7 Å². The summed E-state index contributed by atoms with van der Waals surface area (Å²) in [6.07, 6.45) is 2.02. The number of aryl methyl sites for hydroxylation is 1. The molecule has 1 aromatic heterocycles. The Hall–Kier alpha value is -2.39. The molecule has 0 atom stereocenters. The van der Waals surface area contributed by atoms with Gasteiger partial charge in [0.05, 0.1) is 0 Å². The third-order valence-electron chi connectivity index (χ3n) is 3.26. The van der Waals surface area contributed by atoms with Gasteiger partial charge in [0.2, 0.25) is 10.4 Å². The first-order valence-electron chi connectivity index (χ1n) is 7.21. The van der Waals surface area contributed by atoms with Crippen LogP contribution in [0.15, 0.2) is 72.9 Å². The molecule has 0 saturated heterocycles. The second-order valence-corrected chi connectivity index (χ2v) is 6.26. The Morgan fingerprint density at radius 2 is 1.48 bits per heavy atom. The summed E-state index contributed by atoms with van der Waals surface area (Å²) in [5.74, 6) is 0. The first-order chi connectivity index (χ1) is 11.8. The van der Waals surface area contributed by atoms with Crippen LogP contribution in [0.25, 0.3) is 11.4 Å². The average molecular weight is 376 g/mol. The van der Waals surface area contributed by atoms with E-state index >= 15 is 0 Å². The number of rotatable bonds is 2. The van der Waals surface area contributed by atoms with E-state index in [0.29, 0.717) is 0 Å². The summed E-state index contributed by atoms with van der Waals surface area (Å²) in [5.41, 5.74) is 3.27. The average Bonchev–Trinajstić information content (AvgIpc) is 2.55. The van der Waals surface area contributed by atoms with Crippen molar-refractivity contribution < 1.29 is 22.1 Å². The monoisotopic (exact) mass is 376 g/mol. The molecule has 0 amide bonds. The molecule has 0 saturated carbocycles. The molecule has 1 heterocycles. The minimum Gasteiger partial charge on any atom is -0.726 e. The zero-order valence-electron chi connectivity index (χ0n) is 13.3. The lowest BCUT2D eigenvalue weighted by Gasteiger charge is -2.07. The number of nitrogens with zero attached hydrogens (tertiary/aromatic N) is 2. The van der Waals surface area contributed by atoms with E-state index in [1.807, 2.05) is 47.2 Å². The summed E-state index contributed by atoms with van der Waals surface area (Å²) in [5, 5.41) is 0.